The minimum atomic E-state index is -0.163. The van der Waals surface area contributed by atoms with Crippen LogP contribution in [0.4, 0.5) is 5.69 Å². The maximum Gasteiger partial charge on any atom is 0.253 e. The summed E-state index contributed by atoms with van der Waals surface area (Å²) < 4.78 is 0. The van der Waals surface area contributed by atoms with Gasteiger partial charge in [0, 0.05) is 11.7 Å². The Morgan fingerprint density at radius 1 is 1.33 bits per heavy atom. The van der Waals surface area contributed by atoms with E-state index in [9.17, 15) is 4.79 Å². The van der Waals surface area contributed by atoms with Crippen LogP contribution in [0.15, 0.2) is 18.2 Å². The molecule has 0 aliphatic heterocycles. The smallest absolute Gasteiger partial charge is 0.253 e. The highest BCUT2D eigenvalue weighted by Crippen LogP contribution is 2.19. The molecule has 0 saturated heterocycles. The topological polar surface area (TPSA) is 55.1 Å². The Balaban J connectivity index is 2.62. The number of hydrogen-bond donors (Lipinski definition) is 2. The van der Waals surface area contributed by atoms with Gasteiger partial charge < -0.3 is 11.1 Å². The second-order valence-corrected chi connectivity index (χ2v) is 5.49. The van der Waals surface area contributed by atoms with Gasteiger partial charge in [0.1, 0.15) is 0 Å². The van der Waals surface area contributed by atoms with Crippen LogP contribution in [0.3, 0.4) is 0 Å². The number of carbonyl (C=O) groups is 1. The third-order valence-corrected chi connectivity index (χ3v) is 3.12. The molecule has 0 saturated carbocycles. The zero-order chi connectivity index (χ0) is 13.7. The van der Waals surface area contributed by atoms with Gasteiger partial charge in [0.15, 0.2) is 0 Å². The van der Waals surface area contributed by atoms with Crippen LogP contribution in [-0.2, 0) is 0 Å². The summed E-state index contributed by atoms with van der Waals surface area (Å²) in [5.74, 6) is 0.476. The summed E-state index contributed by atoms with van der Waals surface area (Å²) in [5.41, 5.74) is 6.63. The Labute approximate surface area is 114 Å². The zero-order valence-corrected chi connectivity index (χ0v) is 11.9. The van der Waals surface area contributed by atoms with Crippen molar-refractivity contribution in [3.05, 3.63) is 28.8 Å². The van der Waals surface area contributed by atoms with Crippen molar-refractivity contribution in [3.63, 3.8) is 0 Å². The largest absolute Gasteiger partial charge is 0.399 e. The number of anilines is 1. The van der Waals surface area contributed by atoms with Gasteiger partial charge in [-0.1, -0.05) is 25.4 Å². The van der Waals surface area contributed by atoms with E-state index in [1.807, 2.05) is 6.92 Å². The van der Waals surface area contributed by atoms with E-state index >= 15 is 0 Å². The molecule has 4 heteroatoms. The molecule has 0 radical (unpaired) electrons. The summed E-state index contributed by atoms with van der Waals surface area (Å²) in [6.45, 7) is 6.34. The highest BCUT2D eigenvalue weighted by atomic mass is 35.5. The second kappa shape index (κ2) is 6.64. The van der Waals surface area contributed by atoms with Crippen molar-refractivity contribution >= 4 is 23.2 Å². The van der Waals surface area contributed by atoms with Crippen LogP contribution in [0.1, 0.15) is 44.0 Å². The predicted octanol–water partition coefficient (Wildman–Crippen LogP) is 3.48. The fourth-order valence-electron chi connectivity index (χ4n) is 1.67. The molecule has 0 fully saturated rings. The van der Waals surface area contributed by atoms with Crippen LogP contribution in [0.25, 0.3) is 0 Å². The van der Waals surface area contributed by atoms with Gasteiger partial charge in [0.2, 0.25) is 0 Å². The maximum atomic E-state index is 12.0. The van der Waals surface area contributed by atoms with Crippen molar-refractivity contribution in [2.45, 2.75) is 39.7 Å². The quantitative estimate of drug-likeness (QED) is 0.804. The SMILES string of the molecule is CC(C)CCC(C)NC(=O)c1cc(N)ccc1Cl. The molecule has 1 rings (SSSR count). The minimum absolute atomic E-state index is 0.136. The molecule has 1 unspecified atom stereocenters. The number of rotatable bonds is 5. The summed E-state index contributed by atoms with van der Waals surface area (Å²) in [5, 5.41) is 3.37. The van der Waals surface area contributed by atoms with Crippen molar-refractivity contribution in [1.82, 2.24) is 5.32 Å². The lowest BCUT2D eigenvalue weighted by Gasteiger charge is -2.15. The molecule has 1 atom stereocenters. The fourth-order valence-corrected chi connectivity index (χ4v) is 1.88. The molecule has 1 aromatic carbocycles. The number of hydrogen-bond acceptors (Lipinski definition) is 2. The number of carbonyl (C=O) groups excluding carboxylic acids is 1. The number of nitrogens with two attached hydrogens (primary N) is 1. The Morgan fingerprint density at radius 2 is 2.00 bits per heavy atom. The third kappa shape index (κ3) is 4.57. The van der Waals surface area contributed by atoms with Gasteiger partial charge in [0.25, 0.3) is 5.91 Å². The van der Waals surface area contributed by atoms with Crippen LogP contribution in [0.2, 0.25) is 5.02 Å². The van der Waals surface area contributed by atoms with Crippen LogP contribution in [-0.4, -0.2) is 11.9 Å². The van der Waals surface area contributed by atoms with Gasteiger partial charge in [-0.3, -0.25) is 4.79 Å². The first-order valence-electron chi connectivity index (χ1n) is 6.26. The first kappa shape index (κ1) is 14.8. The van der Waals surface area contributed by atoms with E-state index in [0.717, 1.165) is 12.8 Å². The lowest BCUT2D eigenvalue weighted by atomic mass is 10.0. The van der Waals surface area contributed by atoms with Crippen LogP contribution in [0, 0.1) is 5.92 Å². The second-order valence-electron chi connectivity index (χ2n) is 5.08. The average molecular weight is 269 g/mol. The Hall–Kier alpha value is -1.22. The number of halogens is 1. The zero-order valence-electron chi connectivity index (χ0n) is 11.2. The average Bonchev–Trinajstić information content (AvgIpc) is 2.29. The molecule has 100 valence electrons. The summed E-state index contributed by atoms with van der Waals surface area (Å²) in [7, 11) is 0. The van der Waals surface area contributed by atoms with Crippen molar-refractivity contribution in [3.8, 4) is 0 Å². The van der Waals surface area contributed by atoms with E-state index in [1.165, 1.54) is 0 Å². The van der Waals surface area contributed by atoms with Gasteiger partial charge in [-0.05, 0) is 43.9 Å². The molecule has 0 aliphatic rings. The number of nitrogen functional groups attached to an aromatic ring is 1. The van der Waals surface area contributed by atoms with E-state index in [-0.39, 0.29) is 11.9 Å². The Kier molecular flexibility index (Phi) is 5.48. The maximum absolute atomic E-state index is 12.0. The van der Waals surface area contributed by atoms with Crippen LogP contribution in [0.5, 0.6) is 0 Å². The van der Waals surface area contributed by atoms with Gasteiger partial charge in [-0.15, -0.1) is 0 Å². The Bertz CT molecular complexity index is 418. The molecule has 1 amide bonds. The first-order valence-corrected chi connectivity index (χ1v) is 6.64. The van der Waals surface area contributed by atoms with Crippen molar-refractivity contribution in [1.29, 1.82) is 0 Å². The molecule has 0 aromatic heterocycles. The van der Waals surface area contributed by atoms with Gasteiger partial charge >= 0.3 is 0 Å². The van der Waals surface area contributed by atoms with Crippen LogP contribution >= 0.6 is 11.6 Å². The number of amides is 1. The highest BCUT2D eigenvalue weighted by molar-refractivity contribution is 6.34. The fraction of sp³-hybridized carbons (Fsp3) is 0.500. The van der Waals surface area contributed by atoms with E-state index in [1.54, 1.807) is 18.2 Å². The molecule has 0 bridgehead atoms. The van der Waals surface area contributed by atoms with Gasteiger partial charge in [-0.25, -0.2) is 0 Å². The van der Waals surface area contributed by atoms with E-state index in [4.69, 9.17) is 17.3 Å². The lowest BCUT2D eigenvalue weighted by Crippen LogP contribution is -2.33. The van der Waals surface area contributed by atoms with E-state index in [2.05, 4.69) is 19.2 Å². The number of benzene rings is 1. The molecular weight excluding hydrogens is 248 g/mol. The van der Waals surface area contributed by atoms with Crippen molar-refractivity contribution in [2.24, 2.45) is 5.92 Å². The monoisotopic (exact) mass is 268 g/mol. The Morgan fingerprint density at radius 3 is 2.61 bits per heavy atom. The first-order chi connectivity index (χ1) is 8.40. The third-order valence-electron chi connectivity index (χ3n) is 2.79. The summed E-state index contributed by atoms with van der Waals surface area (Å²) in [4.78, 5) is 12.0. The minimum Gasteiger partial charge on any atom is -0.399 e. The summed E-state index contributed by atoms with van der Waals surface area (Å²) >= 11 is 5.99. The van der Waals surface area contributed by atoms with E-state index in [0.29, 0.717) is 22.2 Å². The number of nitrogens with one attached hydrogen (secondary N) is 1. The molecule has 0 heterocycles. The molecule has 18 heavy (non-hydrogen) atoms. The molecule has 3 N–H and O–H groups in total. The van der Waals surface area contributed by atoms with Gasteiger partial charge in [0.05, 0.1) is 10.6 Å². The molecule has 3 nitrogen and oxygen atoms in total. The van der Waals surface area contributed by atoms with Gasteiger partial charge in [-0.2, -0.15) is 0 Å². The van der Waals surface area contributed by atoms with Crippen molar-refractivity contribution < 1.29 is 4.79 Å². The normalized spacial score (nSPS) is 12.5. The molecule has 1 aromatic rings. The summed E-state index contributed by atoms with van der Waals surface area (Å²) in [6, 6.07) is 5.07. The predicted molar refractivity (Wildman–Crippen MR) is 76.9 cm³/mol. The van der Waals surface area contributed by atoms with Crippen LogP contribution < -0.4 is 11.1 Å². The molecule has 0 aliphatic carbocycles. The van der Waals surface area contributed by atoms with Crippen molar-refractivity contribution in [2.75, 3.05) is 5.73 Å². The highest BCUT2D eigenvalue weighted by Gasteiger charge is 2.13. The summed E-state index contributed by atoms with van der Waals surface area (Å²) in [6.07, 6.45) is 2.05. The standard InChI is InChI=1S/C14H21ClN2O/c1-9(2)4-5-10(3)17-14(18)12-8-11(16)6-7-13(12)15/h6-10H,4-5,16H2,1-3H3,(H,17,18). The van der Waals surface area contributed by atoms with E-state index < -0.39 is 0 Å². The molecule has 0 spiro atoms. The lowest BCUT2D eigenvalue weighted by molar-refractivity contribution is 0.0937. The molecular formula is C14H21ClN2O.